The molecule has 2 N–H and O–H groups in total. The normalized spacial score (nSPS) is 20.0. The highest BCUT2D eigenvalue weighted by atomic mass is 16.6. The van der Waals surface area contributed by atoms with E-state index in [1.54, 1.807) is 60.8 Å². The molecule has 0 spiro atoms. The molecule has 176 valence electrons. The number of nitrogens with zero attached hydrogens (tertiary/aromatic N) is 3. The van der Waals surface area contributed by atoms with Crippen molar-refractivity contribution < 1.29 is 23.9 Å². The van der Waals surface area contributed by atoms with Crippen LogP contribution >= 0.6 is 0 Å². The van der Waals surface area contributed by atoms with E-state index in [1.807, 2.05) is 19.2 Å². The van der Waals surface area contributed by atoms with Crippen molar-refractivity contribution in [2.45, 2.75) is 24.5 Å². The lowest BCUT2D eigenvalue weighted by atomic mass is 9.86. The Bertz CT molecular complexity index is 1070. The second-order valence-electron chi connectivity index (χ2n) is 8.84. The number of likely N-dealkylation sites (tertiary alicyclic amines) is 1. The molecule has 8 heteroatoms. The molecule has 2 atom stereocenters. The van der Waals surface area contributed by atoms with Gasteiger partial charge in [-0.15, -0.1) is 0 Å². The number of benzene rings is 2. The number of carbonyl (C=O) groups excluding carboxylic acids is 2. The van der Waals surface area contributed by atoms with Gasteiger partial charge in [-0.3, -0.25) is 4.79 Å². The van der Waals surface area contributed by atoms with Crippen molar-refractivity contribution in [2.75, 3.05) is 32.1 Å². The van der Waals surface area contributed by atoms with Gasteiger partial charge in [0.05, 0.1) is 13.6 Å². The van der Waals surface area contributed by atoms with Gasteiger partial charge in [-0.1, -0.05) is 60.7 Å². The van der Waals surface area contributed by atoms with Crippen LogP contribution in [0.4, 0.5) is 5.82 Å². The molecule has 1 unspecified atom stereocenters. The molecule has 1 aromatic heterocycles. The maximum Gasteiger partial charge on any atom is 0.347 e. The van der Waals surface area contributed by atoms with Crippen molar-refractivity contribution in [1.82, 2.24) is 9.97 Å². The van der Waals surface area contributed by atoms with Gasteiger partial charge in [-0.2, -0.15) is 0 Å². The summed E-state index contributed by atoms with van der Waals surface area (Å²) in [6.45, 7) is 1.13. The molecule has 1 fully saturated rings. The minimum absolute atomic E-state index is 0.0594. The molecular weight excluding hydrogens is 432 g/mol. The number of hydrogen-bond acceptors (Lipinski definition) is 6. The largest absolute Gasteiger partial charge is 0.457 e. The topological polar surface area (TPSA) is 101 Å². The van der Waals surface area contributed by atoms with Gasteiger partial charge in [0.25, 0.3) is 5.91 Å². The van der Waals surface area contributed by atoms with Gasteiger partial charge in [-0.25, -0.2) is 14.8 Å². The lowest BCUT2D eigenvalue weighted by molar-refractivity contribution is -0.913. The van der Waals surface area contributed by atoms with Crippen molar-refractivity contribution in [3.8, 4) is 0 Å². The third-order valence-electron chi connectivity index (χ3n) is 6.53. The Morgan fingerprint density at radius 1 is 1.09 bits per heavy atom. The average molecular weight is 462 g/mol. The summed E-state index contributed by atoms with van der Waals surface area (Å²) in [7, 11) is 1.99. The van der Waals surface area contributed by atoms with Crippen LogP contribution in [0.2, 0.25) is 0 Å². The van der Waals surface area contributed by atoms with Gasteiger partial charge in [0.1, 0.15) is 24.8 Å². The maximum atomic E-state index is 13.3. The molecule has 8 nitrogen and oxygen atoms in total. The fourth-order valence-corrected chi connectivity index (χ4v) is 4.57. The molecule has 34 heavy (non-hydrogen) atoms. The van der Waals surface area contributed by atoms with E-state index in [1.165, 1.54) is 6.33 Å². The third-order valence-corrected chi connectivity index (χ3v) is 6.53. The Kier molecular flexibility index (Phi) is 7.00. The number of rotatable bonds is 8. The summed E-state index contributed by atoms with van der Waals surface area (Å²) < 4.78 is 6.18. The van der Waals surface area contributed by atoms with Crippen molar-refractivity contribution >= 4 is 17.7 Å². The number of carbonyl (C=O) groups is 2. The zero-order valence-corrected chi connectivity index (χ0v) is 19.1. The monoisotopic (exact) mass is 461 g/mol. The first-order chi connectivity index (χ1) is 16.4. The summed E-state index contributed by atoms with van der Waals surface area (Å²) in [5.41, 5.74) is -1.03. The molecule has 1 aliphatic heterocycles. The summed E-state index contributed by atoms with van der Waals surface area (Å²) >= 11 is 0. The second kappa shape index (κ2) is 10.1. The number of nitrogens with one attached hydrogen (secondary N) is 1. The van der Waals surface area contributed by atoms with Crippen molar-refractivity contribution in [2.24, 2.45) is 0 Å². The fraction of sp³-hybridized carbons (Fsp3) is 0.308. The molecule has 0 aliphatic carbocycles. The Labute approximate surface area is 198 Å². The maximum absolute atomic E-state index is 13.3. The van der Waals surface area contributed by atoms with Gasteiger partial charge < -0.3 is 19.6 Å². The number of amides is 1. The second-order valence-corrected chi connectivity index (χ2v) is 8.84. The summed E-state index contributed by atoms with van der Waals surface area (Å²) in [4.78, 5) is 33.9. The zero-order chi connectivity index (χ0) is 24.0. The molecule has 1 aliphatic rings. The minimum Gasteiger partial charge on any atom is -0.457 e. The Morgan fingerprint density at radius 2 is 1.74 bits per heavy atom. The highest BCUT2D eigenvalue weighted by Crippen LogP contribution is 2.32. The van der Waals surface area contributed by atoms with E-state index in [9.17, 15) is 14.7 Å². The molecule has 0 bridgehead atoms. The lowest BCUT2D eigenvalue weighted by Crippen LogP contribution is -2.54. The number of hydrogen-bond donors (Lipinski definition) is 2. The van der Waals surface area contributed by atoms with Crippen LogP contribution in [0.3, 0.4) is 0 Å². The van der Waals surface area contributed by atoms with Gasteiger partial charge in [-0.05, 0) is 17.2 Å². The number of aromatic nitrogens is 2. The van der Waals surface area contributed by atoms with Gasteiger partial charge >= 0.3 is 5.97 Å². The highest BCUT2D eigenvalue weighted by Gasteiger charge is 2.45. The van der Waals surface area contributed by atoms with Crippen LogP contribution < -0.4 is 5.32 Å². The average Bonchev–Trinajstić information content (AvgIpc) is 3.23. The Morgan fingerprint density at radius 3 is 2.32 bits per heavy atom. The van der Waals surface area contributed by atoms with E-state index in [-0.39, 0.29) is 25.1 Å². The molecule has 0 saturated carbocycles. The van der Waals surface area contributed by atoms with E-state index in [0.717, 1.165) is 19.4 Å². The Hall–Kier alpha value is -3.62. The van der Waals surface area contributed by atoms with E-state index in [4.69, 9.17) is 4.74 Å². The summed E-state index contributed by atoms with van der Waals surface area (Å²) in [6.07, 6.45) is 4.68. The van der Waals surface area contributed by atoms with Crippen molar-refractivity contribution in [1.29, 1.82) is 0 Å². The smallest absolute Gasteiger partial charge is 0.347 e. The predicted molar refractivity (Wildman–Crippen MR) is 126 cm³/mol. The molecule has 1 saturated heterocycles. The van der Waals surface area contributed by atoms with E-state index in [0.29, 0.717) is 21.4 Å². The first-order valence-corrected chi connectivity index (χ1v) is 11.3. The Balaban J connectivity index is 1.46. The molecular formula is C26H29N4O4+. The van der Waals surface area contributed by atoms with Crippen LogP contribution in [-0.4, -0.2) is 64.2 Å². The van der Waals surface area contributed by atoms with E-state index >= 15 is 0 Å². The number of anilines is 1. The standard InChI is InChI=1S/C26H28N4O4/c1-30(17-24(31)29-23-14-15-27-19-28-23)16-8-13-22(30)18-34-25(32)26(33,20-9-4-2-5-10-20)21-11-6-3-7-12-21/h2-7,9-12,14-15,19,22,33H,8,13,16-18H2,1H3/p+1/t22-,30?/m1/s1. The van der Waals surface area contributed by atoms with Gasteiger partial charge in [0.15, 0.2) is 6.54 Å². The SMILES string of the molecule is C[N+]1(CC(=O)Nc2ccncn2)CCC[C@@H]1COC(=O)C(O)(c1ccccc1)c1ccccc1. The molecule has 1 amide bonds. The first kappa shape index (κ1) is 23.5. The molecule has 0 radical (unpaired) electrons. The van der Waals surface area contributed by atoms with Crippen LogP contribution in [0.15, 0.2) is 79.3 Å². The van der Waals surface area contributed by atoms with Crippen molar-refractivity contribution in [3.63, 3.8) is 0 Å². The number of ether oxygens (including phenoxy) is 1. The third kappa shape index (κ3) is 4.98. The molecule has 2 heterocycles. The summed E-state index contributed by atoms with van der Waals surface area (Å²) in [6, 6.07) is 19.2. The number of esters is 1. The minimum atomic E-state index is -1.92. The summed E-state index contributed by atoms with van der Waals surface area (Å²) in [5.74, 6) is -0.442. The quantitative estimate of drug-likeness (QED) is 0.395. The summed E-state index contributed by atoms with van der Waals surface area (Å²) in [5, 5.41) is 14.4. The highest BCUT2D eigenvalue weighted by molar-refractivity contribution is 5.90. The first-order valence-electron chi connectivity index (χ1n) is 11.3. The molecule has 2 aromatic carbocycles. The zero-order valence-electron chi connectivity index (χ0n) is 19.1. The number of aliphatic hydroxyl groups is 1. The van der Waals surface area contributed by atoms with E-state index < -0.39 is 11.6 Å². The van der Waals surface area contributed by atoms with Crippen LogP contribution in [0.5, 0.6) is 0 Å². The molecule has 4 rings (SSSR count). The van der Waals surface area contributed by atoms with Crippen molar-refractivity contribution in [3.05, 3.63) is 90.4 Å². The molecule has 3 aromatic rings. The van der Waals surface area contributed by atoms with Gasteiger partial charge in [0, 0.05) is 19.0 Å². The van der Waals surface area contributed by atoms with Crippen LogP contribution in [-0.2, 0) is 19.9 Å². The number of likely N-dealkylation sites (N-methyl/N-ethyl adjacent to an activating group) is 1. The van der Waals surface area contributed by atoms with E-state index in [2.05, 4.69) is 15.3 Å². The lowest BCUT2D eigenvalue weighted by Gasteiger charge is -2.36. The van der Waals surface area contributed by atoms with Crippen LogP contribution in [0, 0.1) is 0 Å². The van der Waals surface area contributed by atoms with Crippen LogP contribution in [0.1, 0.15) is 24.0 Å². The van der Waals surface area contributed by atoms with Gasteiger partial charge in [0.2, 0.25) is 5.60 Å². The van der Waals surface area contributed by atoms with Crippen LogP contribution in [0.25, 0.3) is 0 Å². The predicted octanol–water partition coefficient (Wildman–Crippen LogP) is 2.50. The fourth-order valence-electron chi connectivity index (χ4n) is 4.57. The number of quaternary nitrogens is 1.